The van der Waals surface area contributed by atoms with Crippen LogP contribution >= 0.6 is 0 Å². The first-order valence-electron chi connectivity index (χ1n) is 11.8. The third kappa shape index (κ3) is 28.3. The summed E-state index contributed by atoms with van der Waals surface area (Å²) in [6.07, 6.45) is 25.0. The van der Waals surface area contributed by atoms with Crippen LogP contribution in [-0.4, -0.2) is 13.1 Å². The number of rotatable bonds is 18. The molecule has 2 nitrogen and oxygen atoms in total. The van der Waals surface area contributed by atoms with E-state index in [4.69, 9.17) is 0 Å². The molecule has 0 aliphatic heterocycles. The highest BCUT2D eigenvalue weighted by Gasteiger charge is 1.99. The second kappa shape index (κ2) is 26.7. The lowest BCUT2D eigenvalue weighted by Gasteiger charge is -2.03. The second-order valence-electron chi connectivity index (χ2n) is 7.63. The summed E-state index contributed by atoms with van der Waals surface area (Å²) < 4.78 is 4.62. The van der Waals surface area contributed by atoms with Crippen molar-refractivity contribution >= 4 is 5.97 Å². The average Bonchev–Trinajstić information content (AvgIpc) is 2.66. The lowest BCUT2D eigenvalue weighted by molar-refractivity contribution is -0.140. The van der Waals surface area contributed by atoms with Crippen LogP contribution in [0.2, 0.25) is 0 Å². The summed E-state index contributed by atoms with van der Waals surface area (Å²) in [6, 6.07) is 0. The highest BCUT2D eigenvalue weighted by atomic mass is 16.5. The van der Waals surface area contributed by atoms with Crippen molar-refractivity contribution in [2.45, 2.75) is 143 Å². The molecule has 0 rings (SSSR count). The Balaban J connectivity index is 0. The van der Waals surface area contributed by atoms with Gasteiger partial charge in [-0.15, -0.1) is 0 Å². The van der Waals surface area contributed by atoms with E-state index < -0.39 is 0 Å². The Hall–Kier alpha value is -0.530. The Morgan fingerprint density at radius 2 is 0.769 bits per heavy atom. The van der Waals surface area contributed by atoms with Crippen LogP contribution in [0.1, 0.15) is 143 Å². The maximum Gasteiger partial charge on any atom is 0.305 e. The Labute approximate surface area is 165 Å². The summed E-state index contributed by atoms with van der Waals surface area (Å²) in [5.74, 6) is -0.0658. The van der Waals surface area contributed by atoms with Gasteiger partial charge in [-0.3, -0.25) is 4.79 Å². The SMILES string of the molecule is CCCCCC.CCCCCCCCCCCCCCCCC(=O)OC. The summed E-state index contributed by atoms with van der Waals surface area (Å²) >= 11 is 0. The van der Waals surface area contributed by atoms with Gasteiger partial charge in [-0.2, -0.15) is 0 Å². The monoisotopic (exact) mass is 370 g/mol. The van der Waals surface area contributed by atoms with Gasteiger partial charge in [0.25, 0.3) is 0 Å². The fourth-order valence-corrected chi connectivity index (χ4v) is 3.07. The predicted molar refractivity (Wildman–Crippen MR) is 117 cm³/mol. The van der Waals surface area contributed by atoms with E-state index in [0.717, 1.165) is 6.42 Å². The zero-order valence-electron chi connectivity index (χ0n) is 18.8. The van der Waals surface area contributed by atoms with Crippen LogP contribution < -0.4 is 0 Å². The van der Waals surface area contributed by atoms with Gasteiger partial charge in [-0.25, -0.2) is 0 Å². The van der Waals surface area contributed by atoms with Gasteiger partial charge < -0.3 is 4.74 Å². The number of unbranched alkanes of at least 4 members (excludes halogenated alkanes) is 16. The lowest BCUT2D eigenvalue weighted by Crippen LogP contribution is -1.99. The molecule has 0 heterocycles. The van der Waals surface area contributed by atoms with E-state index in [9.17, 15) is 4.79 Å². The highest BCUT2D eigenvalue weighted by molar-refractivity contribution is 5.68. The number of carbonyl (C=O) groups excluding carboxylic acids is 1. The third-order valence-corrected chi connectivity index (χ3v) is 4.92. The molecule has 0 aliphatic rings. The van der Waals surface area contributed by atoms with E-state index in [1.165, 1.54) is 116 Å². The summed E-state index contributed by atoms with van der Waals surface area (Å²) in [7, 11) is 1.46. The van der Waals surface area contributed by atoms with Crippen molar-refractivity contribution in [3.8, 4) is 0 Å². The smallest absolute Gasteiger partial charge is 0.305 e. The number of esters is 1. The second-order valence-corrected chi connectivity index (χ2v) is 7.63. The first kappa shape index (κ1) is 27.7. The van der Waals surface area contributed by atoms with Gasteiger partial charge in [0.2, 0.25) is 0 Å². The predicted octanol–water partition coefficient (Wildman–Crippen LogP) is 8.62. The first-order valence-corrected chi connectivity index (χ1v) is 11.8. The largest absolute Gasteiger partial charge is 0.469 e. The van der Waals surface area contributed by atoms with Crippen LogP contribution in [0.3, 0.4) is 0 Å². The van der Waals surface area contributed by atoms with E-state index in [2.05, 4.69) is 25.5 Å². The van der Waals surface area contributed by atoms with Crippen molar-refractivity contribution in [1.82, 2.24) is 0 Å². The van der Waals surface area contributed by atoms with Gasteiger partial charge in [-0.1, -0.05) is 130 Å². The molecule has 26 heavy (non-hydrogen) atoms. The average molecular weight is 371 g/mol. The van der Waals surface area contributed by atoms with Crippen molar-refractivity contribution < 1.29 is 9.53 Å². The molecular weight excluding hydrogens is 320 g/mol. The molecule has 0 aromatic rings. The van der Waals surface area contributed by atoms with Crippen LogP contribution in [0.5, 0.6) is 0 Å². The quantitative estimate of drug-likeness (QED) is 0.178. The van der Waals surface area contributed by atoms with Gasteiger partial charge in [0.1, 0.15) is 0 Å². The molecule has 0 unspecified atom stereocenters. The maximum absolute atomic E-state index is 10.9. The summed E-state index contributed by atoms with van der Waals surface area (Å²) in [5.41, 5.74) is 0. The molecule has 2 heteroatoms. The van der Waals surface area contributed by atoms with E-state index in [1.807, 2.05) is 0 Å². The number of ether oxygens (including phenoxy) is 1. The maximum atomic E-state index is 10.9. The summed E-state index contributed by atoms with van der Waals surface area (Å²) in [5, 5.41) is 0. The Kier molecular flexibility index (Phi) is 28.4. The number of hydrogen-bond donors (Lipinski definition) is 0. The third-order valence-electron chi connectivity index (χ3n) is 4.92. The van der Waals surface area contributed by atoms with Crippen molar-refractivity contribution in [3.05, 3.63) is 0 Å². The van der Waals surface area contributed by atoms with Crippen LogP contribution in [0.4, 0.5) is 0 Å². The molecule has 0 saturated carbocycles. The van der Waals surface area contributed by atoms with Crippen LogP contribution in [0.25, 0.3) is 0 Å². The zero-order chi connectivity index (χ0) is 19.7. The van der Waals surface area contributed by atoms with Crippen molar-refractivity contribution in [3.63, 3.8) is 0 Å². The van der Waals surface area contributed by atoms with Gasteiger partial charge >= 0.3 is 5.97 Å². The normalized spacial score (nSPS) is 10.3. The van der Waals surface area contributed by atoms with Gasteiger partial charge in [0, 0.05) is 6.42 Å². The first-order chi connectivity index (χ1) is 12.7. The molecule has 0 fully saturated rings. The Morgan fingerprint density at radius 3 is 1.08 bits per heavy atom. The molecule has 0 radical (unpaired) electrons. The standard InChI is InChI=1S/C18H36O2.C6H14/c1-3-4-5-6-7-8-9-10-11-12-13-14-15-16-17-18(19)20-2;1-3-5-6-4-2/h3-17H2,1-2H3;3-6H2,1-2H3. The molecule has 0 amide bonds. The summed E-state index contributed by atoms with van der Waals surface area (Å²) in [4.78, 5) is 10.9. The Morgan fingerprint density at radius 1 is 0.500 bits per heavy atom. The molecular formula is C24H50O2. The molecule has 158 valence electrons. The van der Waals surface area contributed by atoms with Gasteiger partial charge in [0.05, 0.1) is 7.11 Å². The zero-order valence-corrected chi connectivity index (χ0v) is 18.8. The minimum Gasteiger partial charge on any atom is -0.469 e. The molecule has 0 saturated heterocycles. The number of hydrogen-bond acceptors (Lipinski definition) is 2. The molecule has 0 aromatic heterocycles. The molecule has 0 bridgehead atoms. The topological polar surface area (TPSA) is 26.3 Å². The van der Waals surface area contributed by atoms with Gasteiger partial charge in [0.15, 0.2) is 0 Å². The number of carbonyl (C=O) groups is 1. The van der Waals surface area contributed by atoms with E-state index in [0.29, 0.717) is 6.42 Å². The number of methoxy groups -OCH3 is 1. The fourth-order valence-electron chi connectivity index (χ4n) is 3.07. The molecule has 0 N–H and O–H groups in total. The van der Waals surface area contributed by atoms with E-state index in [-0.39, 0.29) is 5.97 Å². The fraction of sp³-hybridized carbons (Fsp3) is 0.958. The highest BCUT2D eigenvalue weighted by Crippen LogP contribution is 2.13. The molecule has 0 atom stereocenters. The van der Waals surface area contributed by atoms with Crippen molar-refractivity contribution in [2.75, 3.05) is 7.11 Å². The van der Waals surface area contributed by atoms with Gasteiger partial charge in [-0.05, 0) is 6.42 Å². The van der Waals surface area contributed by atoms with E-state index >= 15 is 0 Å². The Bertz CT molecular complexity index is 247. The minimum atomic E-state index is -0.0658. The van der Waals surface area contributed by atoms with Crippen molar-refractivity contribution in [2.24, 2.45) is 0 Å². The molecule has 0 spiro atoms. The van der Waals surface area contributed by atoms with Crippen LogP contribution in [-0.2, 0) is 9.53 Å². The van der Waals surface area contributed by atoms with Crippen LogP contribution in [0, 0.1) is 0 Å². The lowest BCUT2D eigenvalue weighted by atomic mass is 10.0. The molecule has 0 aromatic carbocycles. The van der Waals surface area contributed by atoms with Crippen LogP contribution in [0.15, 0.2) is 0 Å². The minimum absolute atomic E-state index is 0.0658. The van der Waals surface area contributed by atoms with E-state index in [1.54, 1.807) is 0 Å². The molecule has 0 aliphatic carbocycles. The van der Waals surface area contributed by atoms with Crippen molar-refractivity contribution in [1.29, 1.82) is 0 Å². The summed E-state index contributed by atoms with van der Waals surface area (Å²) in [6.45, 7) is 6.74.